The molecule has 1 fully saturated rings. The summed E-state index contributed by atoms with van der Waals surface area (Å²) in [6.07, 6.45) is 1.36. The van der Waals surface area contributed by atoms with E-state index >= 15 is 0 Å². The first kappa shape index (κ1) is 8.54. The van der Waals surface area contributed by atoms with Gasteiger partial charge in [-0.2, -0.15) is 0 Å². The molecule has 0 aliphatic carbocycles. The SMILES string of the molecule is O=P#CCC1CCC(=O)N1O. The topological polar surface area (TPSA) is 57.6 Å². The van der Waals surface area contributed by atoms with Crippen LogP contribution >= 0.6 is 7.92 Å². The van der Waals surface area contributed by atoms with Gasteiger partial charge in [0.2, 0.25) is 0 Å². The Balaban J connectivity index is 2.52. The molecule has 11 heavy (non-hydrogen) atoms. The molecule has 4 nitrogen and oxygen atoms in total. The normalized spacial score (nSPS) is 23.5. The van der Waals surface area contributed by atoms with E-state index in [0.717, 1.165) is 0 Å². The Morgan fingerprint density at radius 1 is 1.82 bits per heavy atom. The molecule has 1 aliphatic rings. The van der Waals surface area contributed by atoms with E-state index in [4.69, 9.17) is 5.21 Å². The number of hydroxylamine groups is 2. The van der Waals surface area contributed by atoms with Crippen LogP contribution in [0, 0.1) is 5.63 Å². The van der Waals surface area contributed by atoms with Gasteiger partial charge in [0.25, 0.3) is 0 Å². The minimum absolute atomic E-state index is 0.170. The Morgan fingerprint density at radius 3 is 3.00 bits per heavy atom. The monoisotopic (exact) mass is 173 g/mol. The molecule has 1 atom stereocenters. The van der Waals surface area contributed by atoms with Crippen LogP contribution < -0.4 is 0 Å². The van der Waals surface area contributed by atoms with Crippen molar-refractivity contribution in [3.8, 4) is 5.63 Å². The Labute approximate surface area is 65.3 Å². The summed E-state index contributed by atoms with van der Waals surface area (Å²) < 4.78 is 9.95. The van der Waals surface area contributed by atoms with E-state index < -0.39 is 0 Å². The van der Waals surface area contributed by atoms with E-state index in [9.17, 15) is 9.36 Å². The Hall–Kier alpha value is -0.560. The van der Waals surface area contributed by atoms with Gasteiger partial charge in [-0.05, 0) is 0 Å². The molecule has 1 unspecified atom stereocenters. The molecule has 1 saturated heterocycles. The van der Waals surface area contributed by atoms with E-state index in [-0.39, 0.29) is 19.9 Å². The van der Waals surface area contributed by atoms with Crippen molar-refractivity contribution in [2.75, 3.05) is 0 Å². The summed E-state index contributed by atoms with van der Waals surface area (Å²) in [4.78, 5) is 10.7. The van der Waals surface area contributed by atoms with E-state index in [1.54, 1.807) is 0 Å². The number of carbonyl (C=O) groups is 1. The summed E-state index contributed by atoms with van der Waals surface area (Å²) in [5.41, 5.74) is 2.50. The van der Waals surface area contributed by atoms with Crippen LogP contribution in [0.5, 0.6) is 0 Å². The van der Waals surface area contributed by atoms with Gasteiger partial charge in [-0.25, -0.2) is 0 Å². The predicted octanol–water partition coefficient (Wildman–Crippen LogP) is 1.01. The Bertz CT molecular complexity index is 258. The molecule has 1 N–H and O–H groups in total. The van der Waals surface area contributed by atoms with Crippen molar-refractivity contribution in [2.24, 2.45) is 0 Å². The zero-order valence-corrected chi connectivity index (χ0v) is 6.75. The van der Waals surface area contributed by atoms with Crippen molar-refractivity contribution in [1.82, 2.24) is 5.06 Å². The fraction of sp³-hybridized carbons (Fsp3) is 0.667. The summed E-state index contributed by atoms with van der Waals surface area (Å²) >= 11 is 0. The summed E-state index contributed by atoms with van der Waals surface area (Å²) in [6, 6.07) is -0.219. The third-order valence-corrected chi connectivity index (χ3v) is 2.00. The van der Waals surface area contributed by atoms with Crippen molar-refractivity contribution in [3.05, 3.63) is 0 Å². The summed E-state index contributed by atoms with van der Waals surface area (Å²) in [5.74, 6) is -0.264. The van der Waals surface area contributed by atoms with Gasteiger partial charge in [0.05, 0.1) is 0 Å². The van der Waals surface area contributed by atoms with Crippen LogP contribution in [0.15, 0.2) is 0 Å². The summed E-state index contributed by atoms with van der Waals surface area (Å²) in [7, 11) is -0.170. The van der Waals surface area contributed by atoms with Crippen molar-refractivity contribution in [1.29, 1.82) is 0 Å². The maximum absolute atomic E-state index is 10.7. The second-order valence-electron chi connectivity index (χ2n) is 2.38. The van der Waals surface area contributed by atoms with Gasteiger partial charge in [-0.1, -0.05) is 0 Å². The van der Waals surface area contributed by atoms with Crippen LogP contribution in [-0.4, -0.2) is 22.2 Å². The van der Waals surface area contributed by atoms with Crippen molar-refractivity contribution >= 4 is 13.8 Å². The molecule has 5 heteroatoms. The molecule has 1 rings (SSSR count). The summed E-state index contributed by atoms with van der Waals surface area (Å²) in [5, 5.41) is 9.73. The molecule has 0 bridgehead atoms. The fourth-order valence-corrected chi connectivity index (χ4v) is 1.35. The van der Waals surface area contributed by atoms with E-state index in [1.807, 2.05) is 0 Å². The van der Waals surface area contributed by atoms with E-state index in [1.165, 1.54) is 0 Å². The number of amides is 1. The summed E-state index contributed by atoms with van der Waals surface area (Å²) in [6.45, 7) is 0. The van der Waals surface area contributed by atoms with Crippen LogP contribution in [0.4, 0.5) is 0 Å². The first-order chi connectivity index (χ1) is 5.25. The zero-order valence-electron chi connectivity index (χ0n) is 5.86. The van der Waals surface area contributed by atoms with Gasteiger partial charge in [0, 0.05) is 0 Å². The van der Waals surface area contributed by atoms with Crippen molar-refractivity contribution in [2.45, 2.75) is 25.3 Å². The molecule has 0 aromatic rings. The number of hydrogen-bond acceptors (Lipinski definition) is 3. The molecule has 0 saturated carbocycles. The Morgan fingerprint density at radius 2 is 2.55 bits per heavy atom. The van der Waals surface area contributed by atoms with Gasteiger partial charge in [0.1, 0.15) is 0 Å². The Kier molecular flexibility index (Phi) is 2.89. The van der Waals surface area contributed by atoms with Crippen LogP contribution in [0.2, 0.25) is 0 Å². The van der Waals surface area contributed by atoms with Gasteiger partial charge in [-0.3, -0.25) is 0 Å². The molecule has 0 aromatic heterocycles. The fourth-order valence-electron chi connectivity index (χ4n) is 1.06. The molecular formula is C6H8NO3P. The maximum atomic E-state index is 10.7. The number of hydrogen-bond donors (Lipinski definition) is 1. The van der Waals surface area contributed by atoms with Crippen LogP contribution in [-0.2, 0) is 9.36 Å². The van der Waals surface area contributed by atoms with Crippen LogP contribution in [0.3, 0.4) is 0 Å². The average molecular weight is 173 g/mol. The zero-order chi connectivity index (χ0) is 8.27. The molecule has 1 aliphatic heterocycles. The second-order valence-corrected chi connectivity index (χ2v) is 2.88. The number of nitrogens with zero attached hydrogens (tertiary/aromatic N) is 1. The third kappa shape index (κ3) is 1.93. The third-order valence-electron chi connectivity index (χ3n) is 1.68. The average Bonchev–Trinajstić information content (AvgIpc) is 2.31. The minimum atomic E-state index is -0.264. The van der Waals surface area contributed by atoms with Crippen LogP contribution in [0.1, 0.15) is 19.3 Å². The first-order valence-corrected chi connectivity index (χ1v) is 4.13. The second kappa shape index (κ2) is 3.72. The van der Waals surface area contributed by atoms with Gasteiger partial charge in [-0.15, -0.1) is 0 Å². The van der Waals surface area contributed by atoms with E-state index in [2.05, 4.69) is 5.63 Å². The molecule has 0 aromatic carbocycles. The predicted molar refractivity (Wildman–Crippen MR) is 37.8 cm³/mol. The first-order valence-electron chi connectivity index (χ1n) is 3.32. The molecule has 1 heterocycles. The molecule has 0 spiro atoms. The van der Waals surface area contributed by atoms with Crippen LogP contribution in [0.25, 0.3) is 0 Å². The molecule has 0 radical (unpaired) electrons. The molecular weight excluding hydrogens is 165 g/mol. The quantitative estimate of drug-likeness (QED) is 0.475. The van der Waals surface area contributed by atoms with Crippen molar-refractivity contribution < 1.29 is 14.6 Å². The van der Waals surface area contributed by atoms with Crippen molar-refractivity contribution in [3.63, 3.8) is 0 Å². The van der Waals surface area contributed by atoms with Gasteiger partial charge >= 0.3 is 64.4 Å². The van der Waals surface area contributed by atoms with Gasteiger partial charge < -0.3 is 0 Å². The number of carbonyl (C=O) groups excluding carboxylic acids is 1. The standard InChI is InChI=1S/C6H8NO3P/c8-6-2-1-5(7(6)9)3-4-11-10/h5,9H,1-3H2. The molecule has 60 valence electrons. The van der Waals surface area contributed by atoms with Gasteiger partial charge in [0.15, 0.2) is 0 Å². The van der Waals surface area contributed by atoms with E-state index in [0.29, 0.717) is 24.3 Å². The molecule has 1 amide bonds. The number of rotatable bonds is 1.